The molecule has 0 aliphatic carbocycles. The van der Waals surface area contributed by atoms with Gasteiger partial charge in [-0.2, -0.15) is 0 Å². The number of hydrogen-bond donors (Lipinski definition) is 3. The van der Waals surface area contributed by atoms with E-state index in [0.29, 0.717) is 0 Å². The molecule has 0 spiro atoms. The van der Waals surface area contributed by atoms with E-state index < -0.39 is 22.5 Å². The van der Waals surface area contributed by atoms with E-state index in [9.17, 15) is 4.79 Å². The Kier molecular flexibility index (Phi) is 11.1. The third kappa shape index (κ3) is 52.4. The molecule has 0 heterocycles. The number of hydrogen-bond acceptors (Lipinski definition) is 5. The van der Waals surface area contributed by atoms with Crippen LogP contribution in [0.25, 0.3) is 0 Å². The van der Waals surface area contributed by atoms with Gasteiger partial charge in [0.05, 0.1) is 0 Å². The zero-order chi connectivity index (χ0) is 9.65. The minimum Gasteiger partial charge on any atom is -0.726 e. The molecule has 0 aliphatic heterocycles. The summed E-state index contributed by atoms with van der Waals surface area (Å²) in [7, 11) is -4.92. The van der Waals surface area contributed by atoms with Gasteiger partial charge in [-0.15, -0.1) is 0 Å². The summed E-state index contributed by atoms with van der Waals surface area (Å²) in [6, 6.07) is 0. The van der Waals surface area contributed by atoms with Gasteiger partial charge in [-0.1, -0.05) is 0 Å². The monoisotopic (exact) mass is 243 g/mol. The van der Waals surface area contributed by atoms with Gasteiger partial charge in [0.2, 0.25) is 10.4 Å². The Morgan fingerprint density at radius 3 is 1.58 bits per heavy atom. The summed E-state index contributed by atoms with van der Waals surface area (Å²) in [5.74, 6) is -1.19. The topological polar surface area (TPSA) is 135 Å². The molecule has 12 heavy (non-hydrogen) atoms. The summed E-state index contributed by atoms with van der Waals surface area (Å²) in [4.78, 5) is 9.45. The maximum atomic E-state index is 9.45. The van der Waals surface area contributed by atoms with Crippen molar-refractivity contribution < 1.29 is 49.6 Å². The maximum Gasteiger partial charge on any atom is 0.332 e. The zero-order valence-electron chi connectivity index (χ0n) is 5.81. The molecule has 0 radical (unpaired) electrons. The van der Waals surface area contributed by atoms with Crippen LogP contribution >= 0.6 is 0 Å². The Morgan fingerprint density at radius 2 is 1.58 bits per heavy atom. The number of carboxylic acids is 1. The molecule has 3 N–H and O–H groups in total. The largest absolute Gasteiger partial charge is 0.726 e. The molecule has 76 valence electrons. The van der Waals surface area contributed by atoms with Crippen molar-refractivity contribution in [1.29, 1.82) is 0 Å². The molecule has 0 aromatic carbocycles. The molecule has 0 saturated carbocycles. The summed E-state index contributed by atoms with van der Waals surface area (Å²) < 4.78 is 32.8. The molecule has 1 unspecified atom stereocenters. The van der Waals surface area contributed by atoms with Crippen LogP contribution in [-0.2, 0) is 32.3 Å². The van der Waals surface area contributed by atoms with Gasteiger partial charge in [0.1, 0.15) is 6.10 Å². The fourth-order valence-electron chi connectivity index (χ4n) is 0. The van der Waals surface area contributed by atoms with E-state index in [1.807, 2.05) is 0 Å². The van der Waals surface area contributed by atoms with Crippen LogP contribution in [0.1, 0.15) is 6.92 Å². The van der Waals surface area contributed by atoms with Gasteiger partial charge < -0.3 is 14.8 Å². The number of rotatable bonds is 1. The quantitative estimate of drug-likeness (QED) is 0.288. The van der Waals surface area contributed by atoms with E-state index in [1.54, 1.807) is 0 Å². The molecule has 0 amide bonds. The minimum atomic E-state index is -4.92. The molecule has 0 aromatic rings. The molecule has 0 aliphatic rings. The second-order valence-corrected chi connectivity index (χ2v) is 2.30. The van der Waals surface area contributed by atoms with E-state index in [2.05, 4.69) is 0 Å². The van der Waals surface area contributed by atoms with Gasteiger partial charge in [-0.25, -0.2) is 13.2 Å². The van der Waals surface area contributed by atoms with E-state index >= 15 is 0 Å². The van der Waals surface area contributed by atoms with Crippen molar-refractivity contribution in [1.82, 2.24) is 0 Å². The smallest absolute Gasteiger partial charge is 0.332 e. The number of aliphatic hydroxyl groups is 1. The Morgan fingerprint density at radius 1 is 1.50 bits per heavy atom. The summed E-state index contributed by atoms with van der Waals surface area (Å²) in [5.41, 5.74) is 0. The fourth-order valence-corrected chi connectivity index (χ4v) is 0. The predicted octanol–water partition coefficient (Wildman–Crippen LogP) is -1.55. The average molecular weight is 243 g/mol. The van der Waals surface area contributed by atoms with Crippen molar-refractivity contribution in [3.05, 3.63) is 0 Å². The molecule has 0 aromatic heterocycles. The molecule has 0 bridgehead atoms. The average Bonchev–Trinajstić information content (AvgIpc) is 1.59. The first kappa shape index (κ1) is 17.8. The molecule has 7 nitrogen and oxygen atoms in total. The van der Waals surface area contributed by atoms with Crippen LogP contribution in [0.3, 0.4) is 0 Å². The summed E-state index contributed by atoms with van der Waals surface area (Å²) >= 11 is 0. The maximum absolute atomic E-state index is 9.45. The van der Waals surface area contributed by atoms with Gasteiger partial charge in [0, 0.05) is 17.1 Å². The van der Waals surface area contributed by atoms with Crippen molar-refractivity contribution in [3.63, 3.8) is 0 Å². The Bertz CT molecular complexity index is 199. The normalized spacial score (nSPS) is 11.7. The van der Waals surface area contributed by atoms with Crippen molar-refractivity contribution in [3.8, 4) is 0 Å². The first-order valence-corrected chi connectivity index (χ1v) is 3.60. The minimum absolute atomic E-state index is 0. The molecule has 9 heteroatoms. The number of carbonyl (C=O) groups is 1. The first-order chi connectivity index (χ1) is 4.64. The SMILES string of the molecule is CC(O)C(=O)O.O=S(=O)([O-])O.[Fe]. The molecular weight excluding hydrogens is 236 g/mol. The van der Waals surface area contributed by atoms with Crippen LogP contribution in [0.5, 0.6) is 0 Å². The summed E-state index contributed by atoms with van der Waals surface area (Å²) in [6.45, 7) is 1.20. The third-order valence-electron chi connectivity index (χ3n) is 0.357. The zero-order valence-corrected chi connectivity index (χ0v) is 7.73. The van der Waals surface area contributed by atoms with Crippen molar-refractivity contribution in [2.24, 2.45) is 0 Å². The van der Waals surface area contributed by atoms with Crippen molar-refractivity contribution in [2.75, 3.05) is 0 Å². The number of carboxylic acid groups (broad SMARTS) is 1. The molecule has 0 fully saturated rings. The van der Waals surface area contributed by atoms with Gasteiger partial charge in [-0.3, -0.25) is 4.55 Å². The van der Waals surface area contributed by atoms with Crippen LogP contribution in [0, 0.1) is 0 Å². The van der Waals surface area contributed by atoms with Crippen LogP contribution in [0.2, 0.25) is 0 Å². The number of aliphatic carboxylic acids is 1. The van der Waals surface area contributed by atoms with Gasteiger partial charge in [0.15, 0.2) is 0 Å². The predicted molar refractivity (Wildman–Crippen MR) is 31.6 cm³/mol. The molecule has 0 rings (SSSR count). The van der Waals surface area contributed by atoms with Crippen molar-refractivity contribution in [2.45, 2.75) is 13.0 Å². The number of aliphatic hydroxyl groups excluding tert-OH is 1. The summed E-state index contributed by atoms with van der Waals surface area (Å²) in [5, 5.41) is 15.8. The van der Waals surface area contributed by atoms with Crippen LogP contribution in [-0.4, -0.2) is 39.8 Å². The standard InChI is InChI=1S/C3H6O3.Fe.H2O4S/c1-2(4)3(5)6;;1-5(2,3)4/h2,4H,1H3,(H,5,6);;(H2,1,2,3,4)/p-1. The van der Waals surface area contributed by atoms with Gasteiger partial charge >= 0.3 is 5.97 Å². The Labute approximate surface area is 79.5 Å². The van der Waals surface area contributed by atoms with Gasteiger partial charge in [-0.05, 0) is 6.92 Å². The van der Waals surface area contributed by atoms with Gasteiger partial charge in [0.25, 0.3) is 0 Å². The Hall–Kier alpha value is -0.181. The second-order valence-electron chi connectivity index (χ2n) is 1.44. The second kappa shape index (κ2) is 7.47. The van der Waals surface area contributed by atoms with Crippen LogP contribution in [0.15, 0.2) is 0 Å². The van der Waals surface area contributed by atoms with Crippen molar-refractivity contribution >= 4 is 16.4 Å². The first-order valence-electron chi connectivity index (χ1n) is 2.23. The Balaban J connectivity index is -0.000000126. The third-order valence-corrected chi connectivity index (χ3v) is 0.357. The van der Waals surface area contributed by atoms with E-state index in [1.165, 1.54) is 6.92 Å². The van der Waals surface area contributed by atoms with E-state index in [-0.39, 0.29) is 17.1 Å². The van der Waals surface area contributed by atoms with Crippen LogP contribution in [0.4, 0.5) is 0 Å². The summed E-state index contributed by atoms with van der Waals surface area (Å²) in [6.07, 6.45) is -1.23. The molecular formula is C3H7FeO7S-. The van der Waals surface area contributed by atoms with Crippen LogP contribution < -0.4 is 0 Å². The van der Waals surface area contributed by atoms with E-state index in [0.717, 1.165) is 0 Å². The molecule has 0 saturated heterocycles. The van der Waals surface area contributed by atoms with E-state index in [4.69, 9.17) is 27.7 Å². The molecule has 1 atom stereocenters. The fraction of sp³-hybridized carbons (Fsp3) is 0.667.